The van der Waals surface area contributed by atoms with Gasteiger partial charge in [-0.1, -0.05) is 48.5 Å². The highest BCUT2D eigenvalue weighted by molar-refractivity contribution is 5.83. The summed E-state index contributed by atoms with van der Waals surface area (Å²) in [7, 11) is 1.43. The third kappa shape index (κ3) is 5.33. The number of rotatable bonds is 7. The largest absolute Gasteiger partial charge is 0.465 e. The minimum atomic E-state index is -0.237. The smallest absolute Gasteiger partial charge is 0.361 e. The summed E-state index contributed by atoms with van der Waals surface area (Å²) in [5, 5.41) is 0. The molecule has 2 aromatic carbocycles. The van der Waals surface area contributed by atoms with Crippen LogP contribution in [0.15, 0.2) is 48.5 Å². The van der Waals surface area contributed by atoms with Crippen LogP contribution in [0.1, 0.15) is 41.0 Å². The van der Waals surface area contributed by atoms with Gasteiger partial charge >= 0.3 is 5.97 Å². The second-order valence-corrected chi connectivity index (χ2v) is 8.48. The molecule has 2 aromatic rings. The van der Waals surface area contributed by atoms with Crippen molar-refractivity contribution in [2.45, 2.75) is 39.0 Å². The molecule has 3 rings (SSSR count). The Bertz CT molecular complexity index is 841. The number of nitrogens with zero attached hydrogens (tertiary/aromatic N) is 1. The predicted molar refractivity (Wildman–Crippen MR) is 115 cm³/mol. The maximum Gasteiger partial charge on any atom is 0.361 e. The number of piperidine rings is 1. The molecule has 1 heterocycles. The van der Waals surface area contributed by atoms with Crippen LogP contribution in [0.4, 0.5) is 0 Å². The van der Waals surface area contributed by atoms with Gasteiger partial charge < -0.3 is 9.22 Å². The highest BCUT2D eigenvalue weighted by atomic mass is 16.5. The minimum Gasteiger partial charge on any atom is -0.465 e. The summed E-state index contributed by atoms with van der Waals surface area (Å²) in [6, 6.07) is 16.6. The molecule has 2 atom stereocenters. The molecule has 1 aliphatic heterocycles. The molecule has 29 heavy (non-hydrogen) atoms. The fraction of sp³-hybridized carbons (Fsp3) is 0.440. The average molecular weight is 395 g/mol. The second kappa shape index (κ2) is 9.36. The molecule has 2 unspecified atom stereocenters. The van der Waals surface area contributed by atoms with Crippen LogP contribution in [0.2, 0.25) is 0 Å². The molecule has 0 spiro atoms. The lowest BCUT2D eigenvalue weighted by Gasteiger charge is -2.43. The van der Waals surface area contributed by atoms with E-state index in [-0.39, 0.29) is 18.3 Å². The molecule has 0 bridgehead atoms. The standard InChI is InChI=1S/C25H32NO3/c1-19-9-7-10-20(2)24(19)15-23(27)17-26(18-25(28)29-3)14-8-13-22(16-26)21-11-5-4-6-12-21/h4-7,9-12,22H,8,13-18H2,1-3H3/q+1. The van der Waals surface area contributed by atoms with E-state index in [4.69, 9.17) is 4.74 Å². The Morgan fingerprint density at radius 1 is 1.00 bits per heavy atom. The molecular weight excluding hydrogens is 362 g/mol. The van der Waals surface area contributed by atoms with Crippen molar-refractivity contribution < 1.29 is 18.8 Å². The summed E-state index contributed by atoms with van der Waals surface area (Å²) in [6.07, 6.45) is 2.53. The van der Waals surface area contributed by atoms with Crippen molar-refractivity contribution in [3.8, 4) is 0 Å². The van der Waals surface area contributed by atoms with Crippen molar-refractivity contribution >= 4 is 11.8 Å². The lowest BCUT2D eigenvalue weighted by molar-refractivity contribution is -0.919. The summed E-state index contributed by atoms with van der Waals surface area (Å²) in [5.41, 5.74) is 4.71. The van der Waals surface area contributed by atoms with Gasteiger partial charge in [0, 0.05) is 12.3 Å². The summed E-state index contributed by atoms with van der Waals surface area (Å²) in [6.45, 7) is 6.40. The maximum absolute atomic E-state index is 13.1. The van der Waals surface area contributed by atoms with Gasteiger partial charge in [0.1, 0.15) is 6.54 Å². The Labute approximate surface area is 174 Å². The molecule has 4 heteroatoms. The molecule has 0 aromatic heterocycles. The normalized spacial score (nSPS) is 21.6. The molecule has 154 valence electrons. The summed E-state index contributed by atoms with van der Waals surface area (Å²) < 4.78 is 5.49. The van der Waals surface area contributed by atoms with E-state index < -0.39 is 0 Å². The third-order valence-corrected chi connectivity index (χ3v) is 6.29. The molecule has 0 amide bonds. The molecule has 1 fully saturated rings. The number of benzene rings is 2. The zero-order valence-corrected chi connectivity index (χ0v) is 17.8. The third-order valence-electron chi connectivity index (χ3n) is 6.29. The number of esters is 1. The number of hydrogen-bond donors (Lipinski definition) is 0. The fourth-order valence-corrected chi connectivity index (χ4v) is 4.76. The number of methoxy groups -OCH3 is 1. The zero-order chi connectivity index (χ0) is 20.9. The number of ether oxygens (including phenoxy) is 1. The molecule has 0 N–H and O–H groups in total. The fourth-order valence-electron chi connectivity index (χ4n) is 4.76. The van der Waals surface area contributed by atoms with Crippen molar-refractivity contribution in [2.75, 3.05) is 33.3 Å². The molecular formula is C25H32NO3+. The van der Waals surface area contributed by atoms with E-state index in [1.807, 2.05) is 12.1 Å². The van der Waals surface area contributed by atoms with E-state index in [0.29, 0.717) is 23.4 Å². The molecule has 0 saturated carbocycles. The van der Waals surface area contributed by atoms with Crippen LogP contribution in [0, 0.1) is 13.8 Å². The Kier molecular flexibility index (Phi) is 6.86. The average Bonchev–Trinajstić information content (AvgIpc) is 2.71. The van der Waals surface area contributed by atoms with Gasteiger partial charge in [0.2, 0.25) is 0 Å². The van der Waals surface area contributed by atoms with Crippen LogP contribution < -0.4 is 0 Å². The number of Topliss-reactive ketones (excluding diaryl/α,β-unsaturated/α-hetero) is 1. The van der Waals surface area contributed by atoms with Crippen molar-refractivity contribution in [1.29, 1.82) is 0 Å². The van der Waals surface area contributed by atoms with Crippen molar-refractivity contribution in [2.24, 2.45) is 0 Å². The van der Waals surface area contributed by atoms with Crippen molar-refractivity contribution in [1.82, 2.24) is 0 Å². The summed E-state index contributed by atoms with van der Waals surface area (Å²) in [5.74, 6) is 0.321. The van der Waals surface area contributed by atoms with Crippen molar-refractivity contribution in [3.63, 3.8) is 0 Å². The lowest BCUT2D eigenvalue weighted by atomic mass is 9.88. The van der Waals surface area contributed by atoms with Gasteiger partial charge in [-0.3, -0.25) is 4.79 Å². The maximum atomic E-state index is 13.1. The Morgan fingerprint density at radius 3 is 2.34 bits per heavy atom. The minimum absolute atomic E-state index is 0.194. The van der Waals surface area contributed by atoms with Crippen LogP contribution in [-0.4, -0.2) is 49.5 Å². The number of hydrogen-bond acceptors (Lipinski definition) is 3. The van der Waals surface area contributed by atoms with Crippen LogP contribution >= 0.6 is 0 Å². The quantitative estimate of drug-likeness (QED) is 0.527. The highest BCUT2D eigenvalue weighted by Crippen LogP contribution is 2.31. The first-order valence-corrected chi connectivity index (χ1v) is 10.5. The molecule has 4 nitrogen and oxygen atoms in total. The number of carbonyl (C=O) groups excluding carboxylic acids is 2. The van der Waals surface area contributed by atoms with Crippen molar-refractivity contribution in [3.05, 3.63) is 70.8 Å². The SMILES string of the molecule is COC(=O)C[N+]1(CC(=O)Cc2c(C)cccc2C)CCCC(c2ccccc2)C1. The second-order valence-electron chi connectivity index (χ2n) is 8.48. The number of aryl methyl sites for hydroxylation is 2. The molecule has 0 radical (unpaired) electrons. The first-order valence-electron chi connectivity index (χ1n) is 10.5. The van der Waals surface area contributed by atoms with E-state index >= 15 is 0 Å². The predicted octanol–water partition coefficient (Wildman–Crippen LogP) is 3.98. The van der Waals surface area contributed by atoms with Crippen LogP contribution in [0.25, 0.3) is 0 Å². The van der Waals surface area contributed by atoms with Gasteiger partial charge in [-0.25, -0.2) is 4.79 Å². The Balaban J connectivity index is 1.80. The Hall–Kier alpha value is -2.46. The number of likely N-dealkylation sites (tertiary alicyclic amines) is 1. The van der Waals surface area contributed by atoms with E-state index in [1.165, 1.54) is 12.7 Å². The van der Waals surface area contributed by atoms with Crippen LogP contribution in [0.3, 0.4) is 0 Å². The monoisotopic (exact) mass is 394 g/mol. The van der Waals surface area contributed by atoms with Gasteiger partial charge in [-0.2, -0.15) is 0 Å². The van der Waals surface area contributed by atoms with E-state index in [2.05, 4.69) is 50.2 Å². The van der Waals surface area contributed by atoms with E-state index in [9.17, 15) is 9.59 Å². The van der Waals surface area contributed by atoms with Crippen LogP contribution in [0.5, 0.6) is 0 Å². The van der Waals surface area contributed by atoms with Gasteiger partial charge in [0.15, 0.2) is 12.3 Å². The number of quaternary nitrogens is 1. The summed E-state index contributed by atoms with van der Waals surface area (Å²) in [4.78, 5) is 25.4. The van der Waals surface area contributed by atoms with E-state index in [1.54, 1.807) is 0 Å². The zero-order valence-electron chi connectivity index (χ0n) is 17.8. The first-order chi connectivity index (χ1) is 13.9. The Morgan fingerprint density at radius 2 is 1.69 bits per heavy atom. The summed E-state index contributed by atoms with van der Waals surface area (Å²) >= 11 is 0. The van der Waals surface area contributed by atoms with Crippen LogP contribution in [-0.2, 0) is 20.7 Å². The lowest BCUT2D eigenvalue weighted by Crippen LogP contribution is -2.58. The van der Waals surface area contributed by atoms with Gasteiger partial charge in [0.05, 0.1) is 20.2 Å². The van der Waals surface area contributed by atoms with Gasteiger partial charge in [-0.05, 0) is 48.9 Å². The molecule has 1 saturated heterocycles. The number of ketones is 1. The molecule has 0 aliphatic carbocycles. The van der Waals surface area contributed by atoms with Gasteiger partial charge in [0.25, 0.3) is 0 Å². The topological polar surface area (TPSA) is 43.4 Å². The van der Waals surface area contributed by atoms with Gasteiger partial charge in [-0.15, -0.1) is 0 Å². The first kappa shape index (κ1) is 21.3. The molecule has 1 aliphatic rings. The highest BCUT2D eigenvalue weighted by Gasteiger charge is 2.39. The van der Waals surface area contributed by atoms with E-state index in [0.717, 1.165) is 42.6 Å². The number of carbonyl (C=O) groups is 2.